The molecule has 108 valence electrons. The van der Waals surface area contributed by atoms with Crippen LogP contribution in [0, 0.1) is 0 Å². The van der Waals surface area contributed by atoms with E-state index in [-0.39, 0.29) is 0 Å². The van der Waals surface area contributed by atoms with E-state index in [9.17, 15) is 0 Å². The molecule has 1 aromatic heterocycles. The Morgan fingerprint density at radius 1 is 1.00 bits per heavy atom. The molecule has 3 rings (SSSR count). The molecule has 0 aliphatic rings. The van der Waals surface area contributed by atoms with Crippen molar-refractivity contribution in [2.45, 2.75) is 16.2 Å². The Hall–Kier alpha value is -1.13. The number of fused-ring (bicyclic) bond motifs is 1. The van der Waals surface area contributed by atoms with Crippen LogP contribution < -0.4 is 5.73 Å². The van der Waals surface area contributed by atoms with Gasteiger partial charge < -0.3 is 10.7 Å². The highest BCUT2D eigenvalue weighted by Crippen LogP contribution is 2.37. The third-order valence-electron chi connectivity index (χ3n) is 3.27. The number of rotatable bonds is 4. The highest BCUT2D eigenvalue weighted by molar-refractivity contribution is 7.99. The lowest BCUT2D eigenvalue weighted by Crippen LogP contribution is -2.03. The topological polar surface area (TPSA) is 41.8 Å². The fraction of sp³-hybridized carbons (Fsp3) is 0.125. The van der Waals surface area contributed by atoms with Crippen molar-refractivity contribution >= 4 is 45.9 Å². The Balaban J connectivity index is 2.02. The van der Waals surface area contributed by atoms with Gasteiger partial charge in [0.15, 0.2) is 0 Å². The fourth-order valence-corrected chi connectivity index (χ4v) is 3.79. The van der Waals surface area contributed by atoms with Crippen molar-refractivity contribution in [3.8, 4) is 0 Å². The van der Waals surface area contributed by atoms with Gasteiger partial charge in [0, 0.05) is 36.9 Å². The number of H-pyrrole nitrogens is 1. The molecule has 2 nitrogen and oxygen atoms in total. The molecule has 0 bridgehead atoms. The maximum atomic E-state index is 6.13. The zero-order valence-electron chi connectivity index (χ0n) is 11.2. The maximum Gasteiger partial charge on any atom is 0.0466 e. The molecule has 3 N–H and O–H groups in total. The van der Waals surface area contributed by atoms with Gasteiger partial charge in [-0.3, -0.25) is 0 Å². The normalized spacial score (nSPS) is 11.2. The first-order valence-corrected chi connectivity index (χ1v) is 8.17. The van der Waals surface area contributed by atoms with Gasteiger partial charge in [-0.05, 0) is 48.9 Å². The Kier molecular flexibility index (Phi) is 4.45. The second kappa shape index (κ2) is 6.32. The van der Waals surface area contributed by atoms with Crippen LogP contribution in [0.25, 0.3) is 10.9 Å². The van der Waals surface area contributed by atoms with Crippen LogP contribution >= 0.6 is 35.0 Å². The zero-order valence-corrected chi connectivity index (χ0v) is 13.5. The predicted molar refractivity (Wildman–Crippen MR) is 91.6 cm³/mol. The molecule has 5 heteroatoms. The van der Waals surface area contributed by atoms with Crippen LogP contribution in [0.2, 0.25) is 10.0 Å². The Labute approximate surface area is 137 Å². The van der Waals surface area contributed by atoms with Crippen molar-refractivity contribution < 1.29 is 0 Å². The van der Waals surface area contributed by atoms with Crippen molar-refractivity contribution in [3.63, 3.8) is 0 Å². The minimum atomic E-state index is 0.620. The van der Waals surface area contributed by atoms with E-state index in [4.69, 9.17) is 28.9 Å². The van der Waals surface area contributed by atoms with Crippen LogP contribution in [0.3, 0.4) is 0 Å². The monoisotopic (exact) mass is 336 g/mol. The van der Waals surface area contributed by atoms with Crippen molar-refractivity contribution in [1.82, 2.24) is 4.98 Å². The van der Waals surface area contributed by atoms with Gasteiger partial charge in [0.2, 0.25) is 0 Å². The molecular formula is C16H14Cl2N2S. The van der Waals surface area contributed by atoms with Gasteiger partial charge in [0.05, 0.1) is 0 Å². The molecule has 0 amide bonds. The molecule has 0 radical (unpaired) electrons. The van der Waals surface area contributed by atoms with E-state index in [0.717, 1.165) is 37.2 Å². The second-order valence-corrected chi connectivity index (χ2v) is 6.69. The van der Waals surface area contributed by atoms with Crippen molar-refractivity contribution in [3.05, 3.63) is 58.2 Å². The summed E-state index contributed by atoms with van der Waals surface area (Å²) in [5.74, 6) is 0. The van der Waals surface area contributed by atoms with E-state index in [0.29, 0.717) is 6.54 Å². The molecule has 0 saturated carbocycles. The van der Waals surface area contributed by atoms with E-state index in [1.165, 1.54) is 5.56 Å². The molecule has 0 spiro atoms. The molecule has 0 aliphatic carbocycles. The van der Waals surface area contributed by atoms with Crippen LogP contribution in [0.5, 0.6) is 0 Å². The average Bonchev–Trinajstić information content (AvgIpc) is 2.84. The summed E-state index contributed by atoms with van der Waals surface area (Å²) in [6, 6.07) is 11.8. The number of hydrogen-bond donors (Lipinski definition) is 2. The highest BCUT2D eigenvalue weighted by atomic mass is 35.5. The molecule has 3 aromatic rings. The third kappa shape index (κ3) is 3.22. The predicted octanol–water partition coefficient (Wildman–Crippen LogP) is 5.13. The average molecular weight is 337 g/mol. The van der Waals surface area contributed by atoms with Gasteiger partial charge in [-0.2, -0.15) is 0 Å². The van der Waals surface area contributed by atoms with Gasteiger partial charge in [0.1, 0.15) is 0 Å². The molecule has 0 saturated heterocycles. The van der Waals surface area contributed by atoms with Gasteiger partial charge in [-0.25, -0.2) is 0 Å². The quantitative estimate of drug-likeness (QED) is 0.693. The summed E-state index contributed by atoms with van der Waals surface area (Å²) in [5.41, 5.74) is 7.97. The summed E-state index contributed by atoms with van der Waals surface area (Å²) in [7, 11) is 0. The molecule has 2 aromatic carbocycles. The summed E-state index contributed by atoms with van der Waals surface area (Å²) in [5, 5.41) is 2.58. The highest BCUT2D eigenvalue weighted by Gasteiger charge is 2.10. The first kappa shape index (κ1) is 14.8. The van der Waals surface area contributed by atoms with Crippen molar-refractivity contribution in [2.24, 2.45) is 5.73 Å². The lowest BCUT2D eigenvalue weighted by atomic mass is 10.1. The fourth-order valence-electron chi connectivity index (χ4n) is 2.26. The Morgan fingerprint density at radius 3 is 2.57 bits per heavy atom. The number of halogens is 2. The molecule has 21 heavy (non-hydrogen) atoms. The van der Waals surface area contributed by atoms with Gasteiger partial charge in [-0.1, -0.05) is 41.0 Å². The summed E-state index contributed by atoms with van der Waals surface area (Å²) < 4.78 is 0. The SMILES string of the molecule is NCCc1ccc(Cl)cc1Sc1c[nH]c2ccc(Cl)cc12. The number of aromatic nitrogens is 1. The third-order valence-corrected chi connectivity index (χ3v) is 4.90. The second-order valence-electron chi connectivity index (χ2n) is 4.74. The lowest BCUT2D eigenvalue weighted by Gasteiger charge is -2.08. The summed E-state index contributed by atoms with van der Waals surface area (Å²) in [6.07, 6.45) is 2.83. The summed E-state index contributed by atoms with van der Waals surface area (Å²) in [4.78, 5) is 5.53. The Morgan fingerprint density at radius 2 is 1.76 bits per heavy atom. The molecule has 1 heterocycles. The molecule has 0 unspecified atom stereocenters. The Bertz CT molecular complexity index is 783. The maximum absolute atomic E-state index is 6.13. The largest absolute Gasteiger partial charge is 0.360 e. The molecule has 0 aliphatic heterocycles. The number of benzene rings is 2. The molecule has 0 fully saturated rings. The van der Waals surface area contributed by atoms with Gasteiger partial charge in [0.25, 0.3) is 0 Å². The van der Waals surface area contributed by atoms with E-state index in [2.05, 4.69) is 4.98 Å². The minimum Gasteiger partial charge on any atom is -0.360 e. The van der Waals surface area contributed by atoms with Crippen LogP contribution in [-0.2, 0) is 6.42 Å². The van der Waals surface area contributed by atoms with Crippen LogP contribution in [0.4, 0.5) is 0 Å². The van der Waals surface area contributed by atoms with Crippen LogP contribution in [-0.4, -0.2) is 11.5 Å². The minimum absolute atomic E-state index is 0.620. The van der Waals surface area contributed by atoms with Crippen molar-refractivity contribution in [2.75, 3.05) is 6.54 Å². The smallest absolute Gasteiger partial charge is 0.0466 e. The van der Waals surface area contributed by atoms with Gasteiger partial charge >= 0.3 is 0 Å². The summed E-state index contributed by atoms with van der Waals surface area (Å²) in [6.45, 7) is 0.620. The van der Waals surface area contributed by atoms with Crippen molar-refractivity contribution in [1.29, 1.82) is 0 Å². The van der Waals surface area contributed by atoms with Gasteiger partial charge in [-0.15, -0.1) is 0 Å². The number of hydrogen-bond acceptors (Lipinski definition) is 2. The van der Waals surface area contributed by atoms with Crippen LogP contribution in [0.15, 0.2) is 52.4 Å². The van der Waals surface area contributed by atoms with E-state index in [1.807, 2.05) is 42.6 Å². The number of nitrogens with one attached hydrogen (secondary N) is 1. The van der Waals surface area contributed by atoms with Crippen LogP contribution in [0.1, 0.15) is 5.56 Å². The van der Waals surface area contributed by atoms with E-state index >= 15 is 0 Å². The number of aromatic amines is 1. The summed E-state index contributed by atoms with van der Waals surface area (Å²) >= 11 is 13.9. The van der Waals surface area contributed by atoms with E-state index < -0.39 is 0 Å². The molecular weight excluding hydrogens is 323 g/mol. The first-order chi connectivity index (χ1) is 10.2. The molecule has 0 atom stereocenters. The lowest BCUT2D eigenvalue weighted by molar-refractivity contribution is 0.944. The zero-order chi connectivity index (χ0) is 14.8. The first-order valence-electron chi connectivity index (χ1n) is 6.60. The number of nitrogens with two attached hydrogens (primary N) is 1. The van der Waals surface area contributed by atoms with E-state index in [1.54, 1.807) is 11.8 Å². The standard InChI is InChI=1S/C16H14Cl2N2S/c17-11-3-4-14-13(7-11)16(9-20-14)21-15-8-12(18)2-1-10(15)5-6-19/h1-4,7-9,20H,5-6,19H2.